The van der Waals surface area contributed by atoms with Gasteiger partial charge in [-0.15, -0.1) is 0 Å². The predicted molar refractivity (Wildman–Crippen MR) is 147 cm³/mol. The number of nitrogens with zero attached hydrogens (tertiary/aromatic N) is 6. The van der Waals surface area contributed by atoms with Gasteiger partial charge in [0.15, 0.2) is 0 Å². The van der Waals surface area contributed by atoms with Crippen molar-refractivity contribution in [3.05, 3.63) is 77.6 Å². The Hall–Kier alpha value is -3.85. The zero-order chi connectivity index (χ0) is 27.9. The number of ether oxygens (including phenoxy) is 1. The fourth-order valence-corrected chi connectivity index (χ4v) is 3.96. The Morgan fingerprint density at radius 1 is 0.763 bits per heavy atom. The van der Waals surface area contributed by atoms with Gasteiger partial charge in [-0.2, -0.15) is 0 Å². The topological polar surface area (TPSA) is 113 Å². The molecule has 0 saturated heterocycles. The summed E-state index contributed by atoms with van der Waals surface area (Å²) < 4.78 is 18.9. The van der Waals surface area contributed by atoms with Crippen molar-refractivity contribution in [2.24, 2.45) is 11.7 Å². The molecular weight excluding hydrogens is 481 g/mol. The van der Waals surface area contributed by atoms with Crippen LogP contribution in [0.4, 0.5) is 4.39 Å². The minimum absolute atomic E-state index is 0.301. The van der Waals surface area contributed by atoms with Crippen LogP contribution in [0.1, 0.15) is 50.2 Å². The fourth-order valence-electron chi connectivity index (χ4n) is 3.96. The molecule has 0 aliphatic heterocycles. The van der Waals surface area contributed by atoms with Gasteiger partial charge in [0.2, 0.25) is 0 Å². The lowest BCUT2D eigenvalue weighted by molar-refractivity contribution is 0.205. The number of pyridine rings is 2. The third kappa shape index (κ3) is 8.34. The van der Waals surface area contributed by atoms with E-state index in [1.807, 2.05) is 39.0 Å². The minimum Gasteiger partial charge on any atom is -0.490 e. The summed E-state index contributed by atoms with van der Waals surface area (Å²) in [5, 5.41) is 0. The average Bonchev–Trinajstić information content (AvgIpc) is 2.84. The van der Waals surface area contributed by atoms with E-state index in [1.165, 1.54) is 6.07 Å². The molecule has 0 radical (unpaired) electrons. The third-order valence-corrected chi connectivity index (χ3v) is 5.57. The SMILES string of the molecule is Cc1nccc(-c2ccc(F)c(C)n2)n1.Cc1nccc(-c2ccc(OCC(C)(N)CC(C)C)c(C)n2)n1. The maximum Gasteiger partial charge on any atom is 0.144 e. The van der Waals surface area contributed by atoms with Crippen LogP contribution in [0.25, 0.3) is 22.8 Å². The summed E-state index contributed by atoms with van der Waals surface area (Å²) in [6.07, 6.45) is 4.32. The van der Waals surface area contributed by atoms with Gasteiger partial charge in [0.1, 0.15) is 29.8 Å². The highest BCUT2D eigenvalue weighted by Gasteiger charge is 2.21. The van der Waals surface area contributed by atoms with Crippen LogP contribution < -0.4 is 10.5 Å². The molecule has 0 amide bonds. The number of nitrogens with two attached hydrogens (primary N) is 1. The minimum atomic E-state index is -0.344. The van der Waals surface area contributed by atoms with Crippen molar-refractivity contribution in [3.63, 3.8) is 0 Å². The van der Waals surface area contributed by atoms with E-state index in [4.69, 9.17) is 10.5 Å². The van der Waals surface area contributed by atoms with Crippen LogP contribution in [0.3, 0.4) is 0 Å². The molecule has 0 aliphatic rings. The molecule has 0 fully saturated rings. The Morgan fingerprint density at radius 2 is 1.26 bits per heavy atom. The number of halogens is 1. The van der Waals surface area contributed by atoms with E-state index in [-0.39, 0.29) is 11.4 Å². The molecule has 38 heavy (non-hydrogen) atoms. The van der Waals surface area contributed by atoms with Crippen LogP contribution in [0.5, 0.6) is 5.75 Å². The van der Waals surface area contributed by atoms with Gasteiger partial charge in [-0.25, -0.2) is 34.3 Å². The largest absolute Gasteiger partial charge is 0.490 e. The van der Waals surface area contributed by atoms with E-state index in [1.54, 1.807) is 38.4 Å². The van der Waals surface area contributed by atoms with Crippen molar-refractivity contribution < 1.29 is 9.13 Å². The molecule has 4 aromatic rings. The maximum absolute atomic E-state index is 13.0. The molecular formula is C29H36FN7O. The third-order valence-electron chi connectivity index (χ3n) is 5.57. The maximum atomic E-state index is 13.0. The van der Waals surface area contributed by atoms with Crippen molar-refractivity contribution in [2.45, 2.75) is 60.4 Å². The molecule has 4 heterocycles. The Morgan fingerprint density at radius 3 is 1.74 bits per heavy atom. The lowest BCUT2D eigenvalue weighted by Gasteiger charge is -2.26. The quantitative estimate of drug-likeness (QED) is 0.337. The highest BCUT2D eigenvalue weighted by atomic mass is 19.1. The summed E-state index contributed by atoms with van der Waals surface area (Å²) in [5.41, 5.74) is 10.2. The smallest absolute Gasteiger partial charge is 0.144 e. The highest BCUT2D eigenvalue weighted by molar-refractivity contribution is 5.55. The van der Waals surface area contributed by atoms with Crippen LogP contribution in [-0.4, -0.2) is 42.0 Å². The molecule has 4 aromatic heterocycles. The molecule has 200 valence electrons. The average molecular weight is 518 g/mol. The van der Waals surface area contributed by atoms with Gasteiger partial charge in [0.25, 0.3) is 0 Å². The summed E-state index contributed by atoms with van der Waals surface area (Å²) in [5.74, 6) is 2.41. The van der Waals surface area contributed by atoms with Crippen molar-refractivity contribution in [1.29, 1.82) is 0 Å². The second-order valence-corrected chi connectivity index (χ2v) is 10.1. The van der Waals surface area contributed by atoms with Crippen molar-refractivity contribution in [2.75, 3.05) is 6.61 Å². The van der Waals surface area contributed by atoms with E-state index in [0.717, 1.165) is 35.1 Å². The molecule has 1 unspecified atom stereocenters. The van der Waals surface area contributed by atoms with Gasteiger partial charge in [-0.1, -0.05) is 13.8 Å². The first kappa shape index (κ1) is 28.7. The number of hydrogen-bond acceptors (Lipinski definition) is 8. The zero-order valence-electron chi connectivity index (χ0n) is 23.2. The van der Waals surface area contributed by atoms with Gasteiger partial charge < -0.3 is 10.5 Å². The lowest BCUT2D eigenvalue weighted by atomic mass is 9.93. The summed E-state index contributed by atoms with van der Waals surface area (Å²) in [6, 6.07) is 10.5. The molecule has 8 nitrogen and oxygen atoms in total. The predicted octanol–water partition coefficient (Wildman–Crippen LogP) is 5.59. The summed E-state index contributed by atoms with van der Waals surface area (Å²) in [4.78, 5) is 25.4. The second-order valence-electron chi connectivity index (χ2n) is 10.1. The first-order valence-corrected chi connectivity index (χ1v) is 12.6. The molecule has 0 bridgehead atoms. The molecule has 4 rings (SSSR count). The Bertz CT molecular complexity index is 1370. The van der Waals surface area contributed by atoms with E-state index in [9.17, 15) is 4.39 Å². The Labute approximate surface area is 224 Å². The van der Waals surface area contributed by atoms with Crippen LogP contribution in [0.2, 0.25) is 0 Å². The fraction of sp³-hybridized carbons (Fsp3) is 0.379. The van der Waals surface area contributed by atoms with Crippen molar-refractivity contribution in [1.82, 2.24) is 29.9 Å². The van der Waals surface area contributed by atoms with E-state index < -0.39 is 0 Å². The van der Waals surface area contributed by atoms with Crippen molar-refractivity contribution >= 4 is 0 Å². The number of hydrogen-bond donors (Lipinski definition) is 1. The van der Waals surface area contributed by atoms with Crippen molar-refractivity contribution in [3.8, 4) is 28.5 Å². The number of aryl methyl sites for hydroxylation is 4. The number of rotatable bonds is 7. The van der Waals surface area contributed by atoms with E-state index in [0.29, 0.717) is 35.4 Å². The van der Waals surface area contributed by atoms with Crippen LogP contribution in [-0.2, 0) is 0 Å². The Balaban J connectivity index is 0.000000230. The Kier molecular flexibility index (Phi) is 9.52. The van der Waals surface area contributed by atoms with Gasteiger partial charge in [-0.05, 0) is 83.4 Å². The van der Waals surface area contributed by atoms with Crippen LogP contribution in [0, 0.1) is 39.4 Å². The standard InChI is InChI=1S/C18H26N4O.C11H10FN3/c1-12(2)10-18(5,19)11-23-17-7-6-15(21-13(17)3)16-8-9-20-14(4)22-16;1-7-9(12)3-4-10(14-7)11-5-6-13-8(2)15-11/h6-9,12H,10-11,19H2,1-5H3;3-6H,1-2H3. The van der Waals surface area contributed by atoms with E-state index >= 15 is 0 Å². The first-order chi connectivity index (χ1) is 17.9. The molecule has 0 aromatic carbocycles. The monoisotopic (exact) mass is 517 g/mol. The molecule has 0 spiro atoms. The zero-order valence-corrected chi connectivity index (χ0v) is 23.2. The van der Waals surface area contributed by atoms with Gasteiger partial charge >= 0.3 is 0 Å². The first-order valence-electron chi connectivity index (χ1n) is 12.6. The lowest BCUT2D eigenvalue weighted by Crippen LogP contribution is -2.43. The molecule has 0 aliphatic carbocycles. The van der Waals surface area contributed by atoms with Gasteiger partial charge in [0.05, 0.1) is 34.2 Å². The molecule has 0 saturated carbocycles. The molecule has 2 N–H and O–H groups in total. The highest BCUT2D eigenvalue weighted by Crippen LogP contribution is 2.23. The van der Waals surface area contributed by atoms with E-state index in [2.05, 4.69) is 43.8 Å². The molecule has 1 atom stereocenters. The normalized spacial score (nSPS) is 12.5. The summed E-state index contributed by atoms with van der Waals surface area (Å²) in [6.45, 7) is 14.1. The summed E-state index contributed by atoms with van der Waals surface area (Å²) in [7, 11) is 0. The molecule has 9 heteroatoms. The second kappa shape index (κ2) is 12.6. The number of aromatic nitrogens is 6. The van der Waals surface area contributed by atoms with Crippen LogP contribution >= 0.6 is 0 Å². The van der Waals surface area contributed by atoms with Crippen LogP contribution in [0.15, 0.2) is 48.8 Å². The van der Waals surface area contributed by atoms with Gasteiger partial charge in [-0.3, -0.25) is 0 Å². The summed E-state index contributed by atoms with van der Waals surface area (Å²) >= 11 is 0. The van der Waals surface area contributed by atoms with Gasteiger partial charge in [0, 0.05) is 17.9 Å².